The summed E-state index contributed by atoms with van der Waals surface area (Å²) in [5.41, 5.74) is -8.53. The van der Waals surface area contributed by atoms with Gasteiger partial charge in [-0.05, 0) is 53.4 Å². The first-order chi connectivity index (χ1) is 18.5. The zero-order valence-electron chi connectivity index (χ0n) is 23.4. The molecule has 0 aromatic carbocycles. The lowest BCUT2D eigenvalue weighted by Crippen LogP contribution is -2.66. The fraction of sp³-hybridized carbons (Fsp3) is 0.862. The molecule has 40 heavy (non-hydrogen) atoms. The molecule has 0 amide bonds. The van der Waals surface area contributed by atoms with Crippen molar-refractivity contribution >= 4 is 23.5 Å². The Kier molecular flexibility index (Phi) is 4.40. The number of hydrogen-bond donors (Lipinski definition) is 2. The maximum absolute atomic E-state index is 14.8. The van der Waals surface area contributed by atoms with E-state index in [0.717, 1.165) is 0 Å². The Bertz CT molecular complexity index is 1310. The third kappa shape index (κ3) is 2.43. The summed E-state index contributed by atoms with van der Waals surface area (Å²) < 4.78 is 31.6. The van der Waals surface area contributed by atoms with Crippen LogP contribution in [-0.2, 0) is 42.9 Å². The molecule has 2 aliphatic carbocycles. The lowest BCUT2D eigenvalue weighted by Gasteiger charge is -2.50. The number of rotatable bonds is 0. The van der Waals surface area contributed by atoms with Crippen LogP contribution in [0.3, 0.4) is 0 Å². The molecule has 11 nitrogen and oxygen atoms in total. The van der Waals surface area contributed by atoms with E-state index in [9.17, 15) is 29.4 Å². The first-order valence-corrected chi connectivity index (χ1v) is 14.5. The topological polar surface area (TPSA) is 155 Å². The highest BCUT2D eigenvalue weighted by Gasteiger charge is 2.88. The monoisotopic (exact) mass is 560 g/mol. The summed E-state index contributed by atoms with van der Waals surface area (Å²) in [7, 11) is 0. The van der Waals surface area contributed by atoms with Crippen LogP contribution in [0.2, 0.25) is 0 Å². The third-order valence-electron chi connectivity index (χ3n) is 12.5. The van der Waals surface area contributed by atoms with Crippen molar-refractivity contribution in [3.8, 4) is 0 Å². The van der Waals surface area contributed by atoms with Crippen LogP contribution in [0.1, 0.15) is 73.1 Å². The summed E-state index contributed by atoms with van der Waals surface area (Å²) in [6.45, 7) is 8.62. The van der Waals surface area contributed by atoms with Crippen molar-refractivity contribution in [2.75, 3.05) is 0 Å². The van der Waals surface area contributed by atoms with E-state index >= 15 is 0 Å². The summed E-state index contributed by atoms with van der Waals surface area (Å²) >= 11 is 0. The van der Waals surface area contributed by atoms with E-state index in [1.807, 2.05) is 13.8 Å². The Balaban J connectivity index is 1.34. The first kappa shape index (κ1) is 25.8. The Morgan fingerprint density at radius 2 is 1.62 bits per heavy atom. The molecule has 0 radical (unpaired) electrons. The highest BCUT2D eigenvalue weighted by molar-refractivity contribution is 6.02. The van der Waals surface area contributed by atoms with Crippen LogP contribution in [0.5, 0.6) is 0 Å². The minimum absolute atomic E-state index is 0.00891. The van der Waals surface area contributed by atoms with Crippen molar-refractivity contribution in [1.29, 1.82) is 0 Å². The average Bonchev–Trinajstić information content (AvgIpc) is 3.42. The van der Waals surface area contributed by atoms with Gasteiger partial charge in [-0.3, -0.25) is 19.2 Å². The number of esters is 2. The van der Waals surface area contributed by atoms with Gasteiger partial charge in [0.25, 0.3) is 0 Å². The van der Waals surface area contributed by atoms with Gasteiger partial charge in [0.1, 0.15) is 35.1 Å². The zero-order valence-corrected chi connectivity index (χ0v) is 23.4. The van der Waals surface area contributed by atoms with Crippen LogP contribution < -0.4 is 0 Å². The summed E-state index contributed by atoms with van der Waals surface area (Å²) in [4.78, 5) is 54.3. The van der Waals surface area contributed by atoms with Gasteiger partial charge in [-0.1, -0.05) is 6.92 Å². The smallest absolute Gasteiger partial charge is 0.311 e. The molecular weight excluding hydrogens is 524 g/mol. The predicted octanol–water partition coefficient (Wildman–Crippen LogP) is 0.742. The normalized spacial score (nSPS) is 60.6. The molecular formula is C29H36O11. The number of Topliss-reactive ketones (excluding diaryl/α,β-unsaturated/α-hetero) is 2. The number of hydrogen-bond acceptors (Lipinski definition) is 11. The third-order valence-corrected chi connectivity index (χ3v) is 12.5. The molecule has 6 saturated heterocycles. The number of ether oxygens (including phenoxy) is 5. The molecule has 13 atom stereocenters. The average molecular weight is 561 g/mol. The SMILES string of the molecule is CC1C(=O)OC2C1OC13OC4(CCC5(C)C(=O)C(C)(O)C2C51)CC12OC(=O)CC1OC(C)(C)C2CCC4(O)C3=O. The van der Waals surface area contributed by atoms with Crippen molar-refractivity contribution in [3.05, 3.63) is 0 Å². The molecule has 8 aliphatic rings. The fourth-order valence-corrected chi connectivity index (χ4v) is 10.8. The van der Waals surface area contributed by atoms with Crippen LogP contribution in [-0.4, -0.2) is 85.8 Å². The minimum atomic E-state index is -2.10. The molecule has 2 N–H and O–H groups in total. The van der Waals surface area contributed by atoms with Gasteiger partial charge >= 0.3 is 11.9 Å². The molecule has 0 aromatic rings. The fourth-order valence-electron chi connectivity index (χ4n) is 10.8. The van der Waals surface area contributed by atoms with Gasteiger partial charge in [0.15, 0.2) is 11.4 Å². The molecule has 6 aliphatic heterocycles. The van der Waals surface area contributed by atoms with Gasteiger partial charge in [-0.15, -0.1) is 0 Å². The number of fused-ring (bicyclic) bond motifs is 2. The maximum Gasteiger partial charge on any atom is 0.311 e. The molecule has 218 valence electrons. The number of carbonyl (C=O) groups excluding carboxylic acids is 4. The van der Waals surface area contributed by atoms with E-state index in [1.54, 1.807) is 13.8 Å². The zero-order chi connectivity index (χ0) is 28.6. The quantitative estimate of drug-likeness (QED) is 0.403. The molecule has 2 saturated carbocycles. The second-order valence-corrected chi connectivity index (χ2v) is 14.7. The van der Waals surface area contributed by atoms with Crippen molar-refractivity contribution < 1.29 is 53.1 Å². The lowest BCUT2D eigenvalue weighted by molar-refractivity contribution is -0.338. The molecule has 8 rings (SSSR count). The molecule has 2 bridgehead atoms. The molecule has 0 aromatic heterocycles. The van der Waals surface area contributed by atoms with Gasteiger partial charge in [0, 0.05) is 29.6 Å². The molecule has 8 fully saturated rings. The second kappa shape index (κ2) is 6.83. The Morgan fingerprint density at radius 3 is 2.35 bits per heavy atom. The van der Waals surface area contributed by atoms with Crippen LogP contribution >= 0.6 is 0 Å². The summed E-state index contributed by atoms with van der Waals surface area (Å²) in [6, 6.07) is 0. The van der Waals surface area contributed by atoms with Crippen LogP contribution in [0.25, 0.3) is 0 Å². The van der Waals surface area contributed by atoms with E-state index in [2.05, 4.69) is 0 Å². The second-order valence-electron chi connectivity index (χ2n) is 14.7. The van der Waals surface area contributed by atoms with Gasteiger partial charge in [-0.2, -0.15) is 0 Å². The van der Waals surface area contributed by atoms with Crippen molar-refractivity contribution in [2.45, 2.75) is 125 Å². The van der Waals surface area contributed by atoms with E-state index < -0.39 is 98.8 Å². The summed E-state index contributed by atoms with van der Waals surface area (Å²) in [5.74, 6) is -7.23. The van der Waals surface area contributed by atoms with Gasteiger partial charge < -0.3 is 33.9 Å². The summed E-state index contributed by atoms with van der Waals surface area (Å²) in [6.07, 6.45) is -1.75. The van der Waals surface area contributed by atoms with Crippen LogP contribution in [0, 0.1) is 29.1 Å². The summed E-state index contributed by atoms with van der Waals surface area (Å²) in [5, 5.41) is 24.2. The standard InChI is InChI=1S/C29H36O11/c1-12-17-18(36-20(12)31)16-19-24(4,21(32)25(16,5)34)8-9-26-11-27-13(23(2,3)37-14(27)10-15(30)38-27)6-7-28(26,35)22(33)29(19,39-17)40-26/h12-14,16-19,34-35H,6-11H2,1-5H3. The maximum atomic E-state index is 14.8. The highest BCUT2D eigenvalue weighted by Crippen LogP contribution is 2.72. The molecule has 13 unspecified atom stereocenters. The highest BCUT2D eigenvalue weighted by atomic mass is 16.7. The van der Waals surface area contributed by atoms with Crippen LogP contribution in [0.4, 0.5) is 0 Å². The van der Waals surface area contributed by atoms with E-state index in [0.29, 0.717) is 6.42 Å². The van der Waals surface area contributed by atoms with E-state index in [1.165, 1.54) is 6.92 Å². The number of carbonyl (C=O) groups is 4. The van der Waals surface area contributed by atoms with Gasteiger partial charge in [0.2, 0.25) is 11.6 Å². The van der Waals surface area contributed by atoms with Crippen molar-refractivity contribution in [1.82, 2.24) is 0 Å². The molecule has 11 heteroatoms. The predicted molar refractivity (Wildman–Crippen MR) is 130 cm³/mol. The molecule has 6 heterocycles. The van der Waals surface area contributed by atoms with E-state index in [4.69, 9.17) is 23.7 Å². The molecule has 3 spiro atoms. The first-order valence-electron chi connectivity index (χ1n) is 14.5. The van der Waals surface area contributed by atoms with Crippen LogP contribution in [0.15, 0.2) is 0 Å². The largest absolute Gasteiger partial charge is 0.459 e. The van der Waals surface area contributed by atoms with Crippen molar-refractivity contribution in [3.63, 3.8) is 0 Å². The van der Waals surface area contributed by atoms with Gasteiger partial charge in [0.05, 0.1) is 17.9 Å². The number of aliphatic hydroxyl groups is 2. The lowest BCUT2D eigenvalue weighted by atomic mass is 9.59. The van der Waals surface area contributed by atoms with Crippen molar-refractivity contribution in [2.24, 2.45) is 29.1 Å². The Hall–Kier alpha value is -1.92. The Labute approximate surface area is 231 Å². The Morgan fingerprint density at radius 1 is 0.900 bits per heavy atom. The van der Waals surface area contributed by atoms with Gasteiger partial charge in [-0.25, -0.2) is 0 Å². The minimum Gasteiger partial charge on any atom is -0.459 e. The number of ketones is 2. The van der Waals surface area contributed by atoms with E-state index in [-0.39, 0.29) is 38.0 Å².